The van der Waals surface area contributed by atoms with E-state index in [1.54, 1.807) is 0 Å². The number of hydrogen-bond acceptors (Lipinski definition) is 2. The monoisotopic (exact) mass is 224 g/mol. The van der Waals surface area contributed by atoms with Gasteiger partial charge < -0.3 is 10.00 Å². The Hall–Kier alpha value is 0.240. The maximum atomic E-state index is 9.97. The van der Waals surface area contributed by atoms with Crippen molar-refractivity contribution >= 4 is 38.8 Å². The van der Waals surface area contributed by atoms with E-state index in [0.717, 1.165) is 0 Å². The lowest BCUT2D eigenvalue weighted by molar-refractivity contribution is -0.137. The van der Waals surface area contributed by atoms with Crippen LogP contribution in [-0.4, -0.2) is 22.1 Å². The summed E-state index contributed by atoms with van der Waals surface area (Å²) in [7, 11) is -2.44. The molecular weight excluding hydrogens is 214 g/mol. The van der Waals surface area contributed by atoms with Gasteiger partial charge in [-0.2, -0.15) is 0 Å². The van der Waals surface area contributed by atoms with E-state index >= 15 is 0 Å². The van der Waals surface area contributed by atoms with Crippen LogP contribution in [0.3, 0.4) is 0 Å². The van der Waals surface area contributed by atoms with E-state index < -0.39 is 14.0 Å². The molecule has 0 fully saturated rings. The van der Waals surface area contributed by atoms with Crippen molar-refractivity contribution < 1.29 is 19.4 Å². The first-order valence-corrected chi connectivity index (χ1v) is 4.13. The fraction of sp³-hybridized carbons (Fsp3) is 0.750. The van der Waals surface area contributed by atoms with Gasteiger partial charge in [0.25, 0.3) is 0 Å². The Morgan fingerprint density at radius 1 is 1.36 bits per heavy atom. The molecule has 0 amide bonds. The Bertz CT molecular complexity index is 115. The van der Waals surface area contributed by atoms with Gasteiger partial charge in [-0.3, -0.25) is 9.36 Å². The van der Waals surface area contributed by atoms with Crippen LogP contribution in [0.4, 0.5) is 0 Å². The maximum Gasteiger partial charge on any atom is 0.303 e. The summed E-state index contributed by atoms with van der Waals surface area (Å²) < 4.78 is 9.97. The lowest BCUT2D eigenvalue weighted by atomic mass is 10.3. The molecule has 2 N–H and O–H groups in total. The first-order valence-electron chi connectivity index (χ1n) is 2.56. The van der Waals surface area contributed by atoms with Crippen LogP contribution in [-0.2, 0) is 9.36 Å². The molecule has 1 unspecified atom stereocenters. The van der Waals surface area contributed by atoms with E-state index in [4.69, 9.17) is 10.00 Å². The van der Waals surface area contributed by atoms with E-state index in [0.29, 0.717) is 6.42 Å². The summed E-state index contributed by atoms with van der Waals surface area (Å²) in [6.45, 7) is 0. The number of rotatable bonds is 4. The summed E-state index contributed by atoms with van der Waals surface area (Å²) in [5.74, 6) is -0.918. The SMILES string of the molecule is Cl.Cl.O=C(O)CCC[PH](=O)O. The molecule has 0 aromatic carbocycles. The number of carboxylic acids is 1. The van der Waals surface area contributed by atoms with Crippen LogP contribution in [0, 0.1) is 0 Å². The van der Waals surface area contributed by atoms with Crippen LogP contribution in [0.15, 0.2) is 0 Å². The van der Waals surface area contributed by atoms with Gasteiger partial charge >= 0.3 is 5.97 Å². The van der Waals surface area contributed by atoms with Gasteiger partial charge in [0.05, 0.1) is 0 Å². The number of hydrogen-bond donors (Lipinski definition) is 2. The van der Waals surface area contributed by atoms with Crippen molar-refractivity contribution in [3.63, 3.8) is 0 Å². The van der Waals surface area contributed by atoms with Crippen molar-refractivity contribution in [3.8, 4) is 0 Å². The van der Waals surface area contributed by atoms with Crippen molar-refractivity contribution in [1.82, 2.24) is 0 Å². The molecule has 0 aliphatic rings. The molecule has 70 valence electrons. The van der Waals surface area contributed by atoms with Crippen LogP contribution in [0.5, 0.6) is 0 Å². The molecule has 0 aliphatic carbocycles. The predicted molar refractivity (Wildman–Crippen MR) is 47.5 cm³/mol. The normalized spacial score (nSPS) is 10.6. The second-order valence-corrected chi connectivity index (χ2v) is 2.93. The minimum Gasteiger partial charge on any atom is -0.481 e. The van der Waals surface area contributed by atoms with Crippen molar-refractivity contribution in [2.75, 3.05) is 6.16 Å². The Balaban J connectivity index is -0.000000320. The van der Waals surface area contributed by atoms with Gasteiger partial charge in [0.1, 0.15) is 0 Å². The molecule has 0 radical (unpaired) electrons. The smallest absolute Gasteiger partial charge is 0.303 e. The van der Waals surface area contributed by atoms with Crippen molar-refractivity contribution in [2.45, 2.75) is 12.8 Å². The number of carbonyl (C=O) groups is 1. The van der Waals surface area contributed by atoms with Crippen LogP contribution in [0.25, 0.3) is 0 Å². The average molecular weight is 225 g/mol. The highest BCUT2D eigenvalue weighted by molar-refractivity contribution is 7.37. The predicted octanol–water partition coefficient (Wildman–Crippen LogP) is 1.16. The van der Waals surface area contributed by atoms with E-state index in [-0.39, 0.29) is 37.4 Å². The number of aliphatic carboxylic acids is 1. The van der Waals surface area contributed by atoms with Crippen molar-refractivity contribution in [3.05, 3.63) is 0 Å². The quantitative estimate of drug-likeness (QED) is 0.704. The first-order chi connectivity index (χ1) is 4.13. The Kier molecular flexibility index (Phi) is 16.2. The summed E-state index contributed by atoms with van der Waals surface area (Å²) in [6, 6.07) is 0. The Labute approximate surface area is 77.7 Å². The van der Waals surface area contributed by atoms with Gasteiger partial charge in [-0.05, 0) is 6.42 Å². The zero-order chi connectivity index (χ0) is 7.28. The molecule has 0 aromatic heterocycles. The average Bonchev–Trinajstić information content (AvgIpc) is 1.63. The van der Waals surface area contributed by atoms with Gasteiger partial charge in [-0.15, -0.1) is 24.8 Å². The number of halogens is 2. The second-order valence-electron chi connectivity index (χ2n) is 1.64. The lowest BCUT2D eigenvalue weighted by Crippen LogP contribution is -1.94. The summed E-state index contributed by atoms with van der Waals surface area (Å²) >= 11 is 0. The maximum absolute atomic E-state index is 9.97. The van der Waals surface area contributed by atoms with Gasteiger partial charge in [-0.1, -0.05) is 0 Å². The molecule has 0 aromatic rings. The highest BCUT2D eigenvalue weighted by Crippen LogP contribution is 2.14. The highest BCUT2D eigenvalue weighted by Gasteiger charge is 1.97. The Morgan fingerprint density at radius 2 is 1.82 bits per heavy atom. The molecule has 0 aliphatic heterocycles. The molecule has 4 nitrogen and oxygen atoms in total. The van der Waals surface area contributed by atoms with Gasteiger partial charge in [0, 0.05) is 12.6 Å². The summed E-state index contributed by atoms with van der Waals surface area (Å²) in [5, 5.41) is 8.05. The van der Waals surface area contributed by atoms with E-state index in [1.165, 1.54) is 0 Å². The second kappa shape index (κ2) is 10.2. The van der Waals surface area contributed by atoms with Crippen molar-refractivity contribution in [1.29, 1.82) is 0 Å². The molecule has 0 bridgehead atoms. The molecule has 11 heavy (non-hydrogen) atoms. The fourth-order valence-electron chi connectivity index (χ4n) is 0.391. The van der Waals surface area contributed by atoms with Gasteiger partial charge in [0.2, 0.25) is 0 Å². The minimum atomic E-state index is -2.44. The van der Waals surface area contributed by atoms with E-state index in [2.05, 4.69) is 0 Å². The lowest BCUT2D eigenvalue weighted by Gasteiger charge is -1.90. The summed E-state index contributed by atoms with van der Waals surface area (Å²) in [4.78, 5) is 18.0. The van der Waals surface area contributed by atoms with Crippen LogP contribution in [0.2, 0.25) is 0 Å². The third-order valence-electron chi connectivity index (χ3n) is 0.781. The highest BCUT2D eigenvalue weighted by atomic mass is 35.5. The first kappa shape index (κ1) is 17.4. The topological polar surface area (TPSA) is 74.6 Å². The third-order valence-corrected chi connectivity index (χ3v) is 1.56. The molecule has 0 heterocycles. The number of carboxylic acid groups (broad SMARTS) is 1. The summed E-state index contributed by atoms with van der Waals surface area (Å²) in [5.41, 5.74) is 0. The standard InChI is InChI=1S/C4H9O4P.2ClH/c5-4(6)2-1-3-9(7)8;;/h9H,1-3H2,(H,5,6)(H,7,8);2*1H. The third kappa shape index (κ3) is 17.9. The molecule has 1 atom stereocenters. The molecule has 7 heteroatoms. The minimum absolute atomic E-state index is 0. The van der Waals surface area contributed by atoms with Crippen LogP contribution < -0.4 is 0 Å². The molecule has 0 saturated heterocycles. The van der Waals surface area contributed by atoms with Crippen molar-refractivity contribution in [2.24, 2.45) is 0 Å². The van der Waals surface area contributed by atoms with E-state index in [1.807, 2.05) is 0 Å². The molecular formula is C4H11Cl2O4P. The van der Waals surface area contributed by atoms with Gasteiger partial charge in [-0.25, -0.2) is 0 Å². The molecule has 0 rings (SSSR count). The van der Waals surface area contributed by atoms with Crippen LogP contribution >= 0.6 is 32.8 Å². The molecule has 0 spiro atoms. The van der Waals surface area contributed by atoms with Crippen LogP contribution in [0.1, 0.15) is 12.8 Å². The molecule has 0 saturated carbocycles. The zero-order valence-corrected chi connectivity index (χ0v) is 8.28. The fourth-order valence-corrected chi connectivity index (χ4v) is 0.870. The van der Waals surface area contributed by atoms with E-state index in [9.17, 15) is 9.36 Å². The van der Waals surface area contributed by atoms with Gasteiger partial charge in [0.15, 0.2) is 8.03 Å². The zero-order valence-electron chi connectivity index (χ0n) is 5.65. The summed E-state index contributed by atoms with van der Waals surface area (Å²) in [6.07, 6.45) is 0.400. The largest absolute Gasteiger partial charge is 0.481 e. The Morgan fingerprint density at radius 3 is 2.09 bits per heavy atom.